The van der Waals surface area contributed by atoms with Crippen molar-refractivity contribution in [3.63, 3.8) is 0 Å². The first kappa shape index (κ1) is 20.8. The van der Waals surface area contributed by atoms with Crippen molar-refractivity contribution < 1.29 is 4.74 Å². The highest BCUT2D eigenvalue weighted by Crippen LogP contribution is 2.43. The van der Waals surface area contributed by atoms with Gasteiger partial charge in [-0.1, -0.05) is 18.2 Å². The van der Waals surface area contributed by atoms with Crippen LogP contribution in [-0.4, -0.2) is 47.8 Å². The summed E-state index contributed by atoms with van der Waals surface area (Å²) >= 11 is 5.71. The summed E-state index contributed by atoms with van der Waals surface area (Å²) in [5.41, 5.74) is 6.06. The molecule has 6 heteroatoms. The van der Waals surface area contributed by atoms with Crippen LogP contribution in [0, 0.1) is 0 Å². The zero-order chi connectivity index (χ0) is 21.5. The van der Waals surface area contributed by atoms with Crippen LogP contribution in [0.2, 0.25) is 0 Å². The van der Waals surface area contributed by atoms with Gasteiger partial charge in [-0.15, -0.1) is 0 Å². The summed E-state index contributed by atoms with van der Waals surface area (Å²) in [6, 6.07) is 12.9. The van der Waals surface area contributed by atoms with Gasteiger partial charge >= 0.3 is 0 Å². The quantitative estimate of drug-likeness (QED) is 0.723. The third kappa shape index (κ3) is 3.59. The summed E-state index contributed by atoms with van der Waals surface area (Å²) in [5.74, 6) is 0. The lowest BCUT2D eigenvalue weighted by Crippen LogP contribution is -2.42. The number of pyridine rings is 1. The predicted molar refractivity (Wildman–Crippen MR) is 127 cm³/mol. The van der Waals surface area contributed by atoms with Crippen LogP contribution in [0.3, 0.4) is 0 Å². The number of thiocarbonyl (C=S) groups is 1. The van der Waals surface area contributed by atoms with E-state index in [2.05, 4.69) is 78.3 Å². The van der Waals surface area contributed by atoms with E-state index in [1.807, 2.05) is 18.3 Å². The number of nitrogens with zero attached hydrogens (tertiary/aromatic N) is 3. The first-order valence-corrected chi connectivity index (χ1v) is 10.8. The van der Waals surface area contributed by atoms with Crippen molar-refractivity contribution >= 4 is 28.6 Å². The molecule has 1 fully saturated rings. The highest BCUT2D eigenvalue weighted by Gasteiger charge is 2.40. The van der Waals surface area contributed by atoms with Crippen LogP contribution in [0.15, 0.2) is 48.7 Å². The number of hydrogen-bond donors (Lipinski definition) is 1. The molecule has 2 aliphatic heterocycles. The Balaban J connectivity index is 1.79. The molecule has 2 atom stereocenters. The number of fused-ring (bicyclic) bond motifs is 1. The molecule has 5 nitrogen and oxygen atoms in total. The van der Waals surface area contributed by atoms with Crippen molar-refractivity contribution in [2.75, 3.05) is 32.2 Å². The minimum atomic E-state index is -0.00403. The number of benzene rings is 1. The number of methoxy groups -OCH3 is 1. The number of hydrogen-bond acceptors (Lipinski definition) is 4. The van der Waals surface area contributed by atoms with Gasteiger partial charge in [-0.25, -0.2) is 0 Å². The molecule has 158 valence electrons. The minimum absolute atomic E-state index is 0.00389. The zero-order valence-corrected chi connectivity index (χ0v) is 19.2. The van der Waals surface area contributed by atoms with E-state index in [4.69, 9.17) is 17.0 Å². The van der Waals surface area contributed by atoms with Gasteiger partial charge in [0.15, 0.2) is 5.11 Å². The number of nitrogens with one attached hydrogen (secondary N) is 1. The highest BCUT2D eigenvalue weighted by atomic mass is 32.1. The fourth-order valence-electron chi connectivity index (χ4n) is 4.56. The topological polar surface area (TPSA) is 40.6 Å². The Labute approximate surface area is 184 Å². The number of aromatic nitrogens is 1. The molecule has 0 saturated carbocycles. The monoisotopic (exact) mass is 422 g/mol. The van der Waals surface area contributed by atoms with Crippen LogP contribution in [0.4, 0.5) is 5.69 Å². The number of ether oxygens (including phenoxy) is 1. The highest BCUT2D eigenvalue weighted by molar-refractivity contribution is 7.80. The molecule has 4 rings (SSSR count). The Hall–Kier alpha value is -2.44. The molecule has 2 unspecified atom stereocenters. The fraction of sp³-hybridized carbons (Fsp3) is 0.417. The second-order valence-electron chi connectivity index (χ2n) is 8.63. The summed E-state index contributed by atoms with van der Waals surface area (Å²) in [7, 11) is 3.89. The van der Waals surface area contributed by atoms with E-state index in [1.165, 1.54) is 22.4 Å². The maximum Gasteiger partial charge on any atom is 0.170 e. The van der Waals surface area contributed by atoms with Gasteiger partial charge in [0.2, 0.25) is 0 Å². The minimum Gasteiger partial charge on any atom is -0.383 e. The Morgan fingerprint density at radius 2 is 2.03 bits per heavy atom. The molecule has 1 aromatic carbocycles. The molecule has 30 heavy (non-hydrogen) atoms. The third-order valence-electron chi connectivity index (χ3n) is 6.32. The molecule has 0 radical (unpaired) electrons. The smallest absolute Gasteiger partial charge is 0.170 e. The van der Waals surface area contributed by atoms with Gasteiger partial charge in [-0.2, -0.15) is 0 Å². The van der Waals surface area contributed by atoms with E-state index >= 15 is 0 Å². The summed E-state index contributed by atoms with van der Waals surface area (Å²) in [5, 5.41) is 4.25. The molecular formula is C24H30N4OS. The van der Waals surface area contributed by atoms with E-state index in [1.54, 1.807) is 7.11 Å². The average Bonchev–Trinajstić information content (AvgIpc) is 3.06. The Morgan fingerprint density at radius 1 is 1.23 bits per heavy atom. The summed E-state index contributed by atoms with van der Waals surface area (Å²) in [6.45, 7) is 8.05. The van der Waals surface area contributed by atoms with Crippen molar-refractivity contribution in [1.29, 1.82) is 0 Å². The van der Waals surface area contributed by atoms with E-state index in [0.717, 1.165) is 17.4 Å². The maximum absolute atomic E-state index is 5.71. The lowest BCUT2D eigenvalue weighted by atomic mass is 9.86. The second kappa shape index (κ2) is 8.00. The van der Waals surface area contributed by atoms with Gasteiger partial charge in [0.1, 0.15) is 0 Å². The largest absolute Gasteiger partial charge is 0.383 e. The standard InChI is InChI=1S/C24H30N4OS/c1-16-15-24(2,3)27(4)20-10-9-17(14-18(16)20)22-21(19-8-6-7-11-25-19)26-23(30)28(22)12-13-29-5/h6-11,14-15,21-22H,12-13H2,1-5H3,(H,26,30). The number of anilines is 1. The Morgan fingerprint density at radius 3 is 2.73 bits per heavy atom. The zero-order valence-electron chi connectivity index (χ0n) is 18.3. The first-order chi connectivity index (χ1) is 14.3. The number of allylic oxidation sites excluding steroid dienone is 1. The van der Waals surface area contributed by atoms with Gasteiger partial charge in [-0.3, -0.25) is 4.98 Å². The van der Waals surface area contributed by atoms with Crippen LogP contribution >= 0.6 is 12.2 Å². The van der Waals surface area contributed by atoms with Crippen LogP contribution < -0.4 is 10.2 Å². The first-order valence-electron chi connectivity index (χ1n) is 10.4. The SMILES string of the molecule is COCCN1C(=S)NC(c2ccccn2)C1c1ccc2c(c1)C(C)=CC(C)(C)N2C. The maximum atomic E-state index is 5.71. The molecule has 0 amide bonds. The Kier molecular flexibility index (Phi) is 5.55. The van der Waals surface area contributed by atoms with Crippen molar-refractivity contribution in [3.05, 3.63) is 65.5 Å². The fourth-order valence-corrected chi connectivity index (χ4v) is 4.89. The lowest BCUT2D eigenvalue weighted by Gasteiger charge is -2.41. The predicted octanol–water partition coefficient (Wildman–Crippen LogP) is 4.33. The van der Waals surface area contributed by atoms with Crippen LogP contribution in [0.5, 0.6) is 0 Å². The second-order valence-corrected chi connectivity index (χ2v) is 9.02. The normalized spacial score (nSPS) is 22.6. The van der Waals surface area contributed by atoms with E-state index in [-0.39, 0.29) is 17.6 Å². The summed E-state index contributed by atoms with van der Waals surface area (Å²) < 4.78 is 5.36. The van der Waals surface area contributed by atoms with Crippen LogP contribution in [0.1, 0.15) is 49.7 Å². The van der Waals surface area contributed by atoms with Gasteiger partial charge in [0.25, 0.3) is 0 Å². The molecule has 2 aromatic rings. The summed E-state index contributed by atoms with van der Waals surface area (Å²) in [6.07, 6.45) is 4.18. The molecule has 0 aliphatic carbocycles. The van der Waals surface area contributed by atoms with Crippen LogP contribution in [-0.2, 0) is 4.74 Å². The molecule has 1 saturated heterocycles. The Bertz CT molecular complexity index is 972. The van der Waals surface area contributed by atoms with Gasteiger partial charge in [0, 0.05) is 38.1 Å². The molecule has 1 N–H and O–H groups in total. The van der Waals surface area contributed by atoms with E-state index in [0.29, 0.717) is 6.61 Å². The molecule has 1 aromatic heterocycles. The molecule has 0 spiro atoms. The van der Waals surface area contributed by atoms with Crippen molar-refractivity contribution in [3.8, 4) is 0 Å². The van der Waals surface area contributed by atoms with Gasteiger partial charge in [-0.05, 0) is 68.4 Å². The molecular weight excluding hydrogens is 392 g/mol. The summed E-state index contributed by atoms with van der Waals surface area (Å²) in [4.78, 5) is 9.19. The number of likely N-dealkylation sites (N-methyl/N-ethyl adjacent to an activating group) is 1. The van der Waals surface area contributed by atoms with Crippen LogP contribution in [0.25, 0.3) is 5.57 Å². The average molecular weight is 423 g/mol. The molecule has 2 aliphatic rings. The van der Waals surface area contributed by atoms with E-state index in [9.17, 15) is 0 Å². The van der Waals surface area contributed by atoms with E-state index < -0.39 is 0 Å². The number of rotatable bonds is 5. The van der Waals surface area contributed by atoms with Crippen molar-refractivity contribution in [2.45, 2.75) is 38.4 Å². The van der Waals surface area contributed by atoms with Crippen molar-refractivity contribution in [2.24, 2.45) is 0 Å². The third-order valence-corrected chi connectivity index (χ3v) is 6.67. The van der Waals surface area contributed by atoms with Gasteiger partial charge in [0.05, 0.1) is 29.9 Å². The lowest BCUT2D eigenvalue weighted by molar-refractivity contribution is 0.164. The van der Waals surface area contributed by atoms with Gasteiger partial charge < -0.3 is 19.9 Å². The van der Waals surface area contributed by atoms with Crippen molar-refractivity contribution in [1.82, 2.24) is 15.2 Å². The molecule has 3 heterocycles. The molecule has 0 bridgehead atoms.